The van der Waals surface area contributed by atoms with Crippen LogP contribution in [0.15, 0.2) is 23.1 Å². The van der Waals surface area contributed by atoms with E-state index in [1.165, 1.54) is 23.1 Å². The Morgan fingerprint density at radius 2 is 2.13 bits per heavy atom. The van der Waals surface area contributed by atoms with Gasteiger partial charge in [0.05, 0.1) is 16.1 Å². The standard InChI is InChI=1S/C16H15ClN2O2S2/c1-22-8-5-6-11(17)10(7-8)15(21)19-16-13(14(18)20)9-3-2-4-12(9)23-16/h5-7H,2-4H2,1H3,(H2,18,20)(H,19,21). The molecule has 0 bridgehead atoms. The molecule has 0 saturated heterocycles. The topological polar surface area (TPSA) is 72.2 Å². The fraction of sp³-hybridized carbons (Fsp3) is 0.250. The van der Waals surface area contributed by atoms with E-state index < -0.39 is 5.91 Å². The number of anilines is 1. The summed E-state index contributed by atoms with van der Waals surface area (Å²) in [6.45, 7) is 0. The molecule has 0 fully saturated rings. The number of nitrogens with two attached hydrogens (primary N) is 1. The van der Waals surface area contributed by atoms with E-state index in [1.54, 1.807) is 12.1 Å². The number of rotatable bonds is 4. The summed E-state index contributed by atoms with van der Waals surface area (Å²) in [5.41, 5.74) is 7.34. The van der Waals surface area contributed by atoms with Crippen molar-refractivity contribution in [1.29, 1.82) is 0 Å². The molecule has 23 heavy (non-hydrogen) atoms. The van der Waals surface area contributed by atoms with Crippen molar-refractivity contribution < 1.29 is 9.59 Å². The average Bonchev–Trinajstić information content (AvgIpc) is 3.07. The summed E-state index contributed by atoms with van der Waals surface area (Å²) in [6, 6.07) is 5.30. The second-order valence-corrected chi connectivity index (χ2v) is 7.62. The predicted molar refractivity (Wildman–Crippen MR) is 96.0 cm³/mol. The average molecular weight is 367 g/mol. The van der Waals surface area contributed by atoms with Gasteiger partial charge in [-0.1, -0.05) is 11.6 Å². The lowest BCUT2D eigenvalue weighted by Crippen LogP contribution is -2.18. The third-order valence-corrected chi connectivity index (χ3v) is 6.08. The van der Waals surface area contributed by atoms with Crippen molar-refractivity contribution in [2.45, 2.75) is 24.2 Å². The Bertz CT molecular complexity index is 802. The maximum absolute atomic E-state index is 12.6. The van der Waals surface area contributed by atoms with Gasteiger partial charge < -0.3 is 11.1 Å². The molecule has 0 saturated carbocycles. The molecule has 7 heteroatoms. The minimum absolute atomic E-state index is 0.326. The van der Waals surface area contributed by atoms with Gasteiger partial charge in [0, 0.05) is 9.77 Å². The van der Waals surface area contributed by atoms with E-state index in [-0.39, 0.29) is 5.91 Å². The highest BCUT2D eigenvalue weighted by atomic mass is 35.5. The van der Waals surface area contributed by atoms with Crippen molar-refractivity contribution in [2.75, 3.05) is 11.6 Å². The number of aryl methyl sites for hydroxylation is 1. The quantitative estimate of drug-likeness (QED) is 0.804. The van der Waals surface area contributed by atoms with Gasteiger partial charge in [0.2, 0.25) is 0 Å². The van der Waals surface area contributed by atoms with Crippen LogP contribution in [0.5, 0.6) is 0 Å². The number of carbonyl (C=O) groups excluding carboxylic acids is 2. The molecule has 120 valence electrons. The first-order chi connectivity index (χ1) is 11.0. The van der Waals surface area contributed by atoms with Gasteiger partial charge in [-0.15, -0.1) is 23.1 Å². The normalized spacial score (nSPS) is 13.0. The molecule has 1 heterocycles. The van der Waals surface area contributed by atoms with Crippen LogP contribution in [0.3, 0.4) is 0 Å². The zero-order valence-electron chi connectivity index (χ0n) is 12.4. The minimum Gasteiger partial charge on any atom is -0.365 e. The van der Waals surface area contributed by atoms with E-state index in [4.69, 9.17) is 17.3 Å². The van der Waals surface area contributed by atoms with Crippen molar-refractivity contribution in [2.24, 2.45) is 5.73 Å². The van der Waals surface area contributed by atoms with E-state index in [1.807, 2.05) is 12.3 Å². The molecular weight excluding hydrogens is 352 g/mol. The van der Waals surface area contributed by atoms with Crippen LogP contribution in [0.2, 0.25) is 5.02 Å². The molecule has 0 unspecified atom stereocenters. The number of amides is 2. The fourth-order valence-electron chi connectivity index (χ4n) is 2.73. The highest BCUT2D eigenvalue weighted by molar-refractivity contribution is 7.98. The largest absolute Gasteiger partial charge is 0.365 e. The number of thiophene rings is 1. The summed E-state index contributed by atoms with van der Waals surface area (Å²) >= 11 is 9.10. The van der Waals surface area contributed by atoms with E-state index in [0.717, 1.165) is 34.6 Å². The lowest BCUT2D eigenvalue weighted by atomic mass is 10.1. The van der Waals surface area contributed by atoms with Gasteiger partial charge in [0.1, 0.15) is 5.00 Å². The van der Waals surface area contributed by atoms with Crippen molar-refractivity contribution in [3.05, 3.63) is 44.8 Å². The predicted octanol–water partition coefficient (Wildman–Crippen LogP) is 3.96. The SMILES string of the molecule is CSc1ccc(Cl)c(C(=O)Nc2sc3c(c2C(N)=O)CCC3)c1. The van der Waals surface area contributed by atoms with Crippen LogP contribution in [0.25, 0.3) is 0 Å². The van der Waals surface area contributed by atoms with Crippen LogP contribution in [-0.2, 0) is 12.8 Å². The zero-order valence-corrected chi connectivity index (χ0v) is 14.8. The number of carbonyl (C=O) groups is 2. The maximum atomic E-state index is 12.6. The van der Waals surface area contributed by atoms with E-state index >= 15 is 0 Å². The van der Waals surface area contributed by atoms with Crippen LogP contribution in [0.4, 0.5) is 5.00 Å². The Morgan fingerprint density at radius 1 is 1.35 bits per heavy atom. The van der Waals surface area contributed by atoms with Crippen molar-refractivity contribution in [1.82, 2.24) is 0 Å². The van der Waals surface area contributed by atoms with Crippen LogP contribution in [-0.4, -0.2) is 18.1 Å². The first kappa shape index (κ1) is 16.4. The third-order valence-electron chi connectivity index (χ3n) is 3.81. The molecule has 2 amide bonds. The van der Waals surface area contributed by atoms with Crippen LogP contribution < -0.4 is 11.1 Å². The zero-order chi connectivity index (χ0) is 16.6. The van der Waals surface area contributed by atoms with Gasteiger partial charge in [0.15, 0.2) is 0 Å². The molecule has 0 atom stereocenters. The number of benzene rings is 1. The first-order valence-electron chi connectivity index (χ1n) is 7.10. The monoisotopic (exact) mass is 366 g/mol. The highest BCUT2D eigenvalue weighted by Crippen LogP contribution is 2.39. The number of hydrogen-bond donors (Lipinski definition) is 2. The summed E-state index contributed by atoms with van der Waals surface area (Å²) in [4.78, 5) is 26.4. The first-order valence-corrected chi connectivity index (χ1v) is 9.52. The van der Waals surface area contributed by atoms with Gasteiger partial charge in [-0.05, 0) is 49.3 Å². The second kappa shape index (κ2) is 6.55. The van der Waals surface area contributed by atoms with Crippen LogP contribution in [0.1, 0.15) is 37.6 Å². The van der Waals surface area contributed by atoms with Crippen LogP contribution >= 0.6 is 34.7 Å². The smallest absolute Gasteiger partial charge is 0.257 e. The fourth-order valence-corrected chi connectivity index (χ4v) is 4.66. The lowest BCUT2D eigenvalue weighted by Gasteiger charge is -2.08. The molecule has 2 aromatic rings. The molecule has 0 spiro atoms. The molecule has 1 aliphatic rings. The Hall–Kier alpha value is -1.50. The van der Waals surface area contributed by atoms with E-state index in [0.29, 0.717) is 21.2 Å². The Balaban J connectivity index is 1.94. The van der Waals surface area contributed by atoms with Gasteiger partial charge in [-0.2, -0.15) is 0 Å². The van der Waals surface area contributed by atoms with Gasteiger partial charge in [0.25, 0.3) is 11.8 Å². The molecule has 1 aliphatic carbocycles. The third kappa shape index (κ3) is 3.11. The summed E-state index contributed by atoms with van der Waals surface area (Å²) in [5, 5.41) is 3.72. The van der Waals surface area contributed by atoms with Crippen molar-refractivity contribution in [3.63, 3.8) is 0 Å². The number of hydrogen-bond acceptors (Lipinski definition) is 4. The molecule has 4 nitrogen and oxygen atoms in total. The molecule has 3 N–H and O–H groups in total. The molecule has 1 aromatic heterocycles. The summed E-state index contributed by atoms with van der Waals surface area (Å²) in [6.07, 6.45) is 4.72. The number of thioether (sulfide) groups is 1. The number of halogens is 1. The lowest BCUT2D eigenvalue weighted by molar-refractivity contribution is 0.100. The summed E-state index contributed by atoms with van der Waals surface area (Å²) in [5.74, 6) is -0.822. The maximum Gasteiger partial charge on any atom is 0.257 e. The van der Waals surface area contributed by atoms with E-state index in [9.17, 15) is 9.59 Å². The Morgan fingerprint density at radius 3 is 2.83 bits per heavy atom. The van der Waals surface area contributed by atoms with Gasteiger partial charge >= 0.3 is 0 Å². The molecule has 0 aliphatic heterocycles. The Labute approximate surface area is 147 Å². The van der Waals surface area contributed by atoms with E-state index in [2.05, 4.69) is 5.32 Å². The molecule has 1 aromatic carbocycles. The molecule has 3 rings (SSSR count). The highest BCUT2D eigenvalue weighted by Gasteiger charge is 2.26. The van der Waals surface area contributed by atoms with Crippen LogP contribution in [0, 0.1) is 0 Å². The van der Waals surface area contributed by atoms with Gasteiger partial charge in [-0.25, -0.2) is 0 Å². The number of fused-ring (bicyclic) bond motifs is 1. The summed E-state index contributed by atoms with van der Waals surface area (Å²) in [7, 11) is 0. The van der Waals surface area contributed by atoms with Crippen molar-refractivity contribution >= 4 is 51.5 Å². The molecule has 0 radical (unpaired) electrons. The minimum atomic E-state index is -0.497. The molecular formula is C16H15ClN2O2S2. The van der Waals surface area contributed by atoms with Crippen molar-refractivity contribution in [3.8, 4) is 0 Å². The van der Waals surface area contributed by atoms with Gasteiger partial charge in [-0.3, -0.25) is 9.59 Å². The second-order valence-electron chi connectivity index (χ2n) is 5.23. The number of primary amides is 1. The Kier molecular flexibility index (Phi) is 4.66. The summed E-state index contributed by atoms with van der Waals surface area (Å²) < 4.78 is 0. The number of nitrogens with one attached hydrogen (secondary N) is 1.